The Kier molecular flexibility index (Phi) is 5.94. The highest BCUT2D eigenvalue weighted by Gasteiger charge is 2.36. The maximum atomic E-state index is 14.8. The number of hydrogen-bond donors (Lipinski definition) is 2. The molecule has 0 saturated carbocycles. The van der Waals surface area contributed by atoms with E-state index in [1.807, 2.05) is 0 Å². The van der Waals surface area contributed by atoms with Gasteiger partial charge in [-0.1, -0.05) is 17.7 Å². The molecule has 2 N–H and O–H groups in total. The molecule has 182 valence electrons. The Morgan fingerprint density at radius 3 is 2.69 bits per heavy atom. The third-order valence-electron chi connectivity index (χ3n) is 5.40. The second-order valence-corrected chi connectivity index (χ2v) is 8.40. The summed E-state index contributed by atoms with van der Waals surface area (Å²) in [6.07, 6.45) is 7.04. The largest absolute Gasteiger partial charge is 0.392 e. The van der Waals surface area contributed by atoms with Gasteiger partial charge in [0.1, 0.15) is 5.69 Å². The van der Waals surface area contributed by atoms with Gasteiger partial charge in [-0.3, -0.25) is 9.78 Å². The predicted octanol–water partition coefficient (Wildman–Crippen LogP) is 4.51. The van der Waals surface area contributed by atoms with Crippen LogP contribution in [-0.4, -0.2) is 40.5 Å². The summed E-state index contributed by atoms with van der Waals surface area (Å²) in [4.78, 5) is 21.5. The van der Waals surface area contributed by atoms with Crippen LogP contribution in [0.2, 0.25) is 5.02 Å². The molecule has 0 saturated heterocycles. The zero-order valence-corrected chi connectivity index (χ0v) is 19.5. The van der Waals surface area contributed by atoms with Gasteiger partial charge >= 0.3 is 0 Å². The summed E-state index contributed by atoms with van der Waals surface area (Å²) in [5.41, 5.74) is 0.856. The van der Waals surface area contributed by atoms with Gasteiger partial charge in [0.2, 0.25) is 0 Å². The molecule has 0 unspecified atom stereocenters. The second-order valence-electron chi connectivity index (χ2n) is 7.99. The number of nitrogens with one attached hydrogen (secondary N) is 1. The molecule has 9 nitrogen and oxygen atoms in total. The minimum Gasteiger partial charge on any atom is -0.392 e. The summed E-state index contributed by atoms with van der Waals surface area (Å²) in [5, 5.41) is 20.7. The van der Waals surface area contributed by atoms with Crippen molar-refractivity contribution in [2.24, 2.45) is 0 Å². The zero-order chi connectivity index (χ0) is 25.4. The van der Waals surface area contributed by atoms with Crippen LogP contribution >= 0.6 is 11.6 Å². The van der Waals surface area contributed by atoms with E-state index in [4.69, 9.17) is 11.6 Å². The standard InChI is InChI=1S/C24H18ClF2N7O2/c1-24(26,27)21-17(11-31-34(21)20-6-2-5-19-16(20)4-3-7-28-19)23(36)32-15-8-18(25)22(29-10-15)33-12-14(13-35)9-30-33/h2-12,35H,13H2,1H3,(H,32,36). The van der Waals surface area contributed by atoms with E-state index >= 15 is 0 Å². The third-order valence-corrected chi connectivity index (χ3v) is 5.67. The van der Waals surface area contributed by atoms with Crippen molar-refractivity contribution in [3.05, 3.63) is 89.2 Å². The lowest BCUT2D eigenvalue weighted by molar-refractivity contribution is 0.00940. The molecule has 0 radical (unpaired) electrons. The first-order valence-electron chi connectivity index (χ1n) is 10.7. The summed E-state index contributed by atoms with van der Waals surface area (Å²) in [6, 6.07) is 9.94. The van der Waals surface area contributed by atoms with Gasteiger partial charge in [-0.15, -0.1) is 0 Å². The molecule has 4 heterocycles. The van der Waals surface area contributed by atoms with Crippen LogP contribution < -0.4 is 5.32 Å². The fourth-order valence-electron chi connectivity index (χ4n) is 3.82. The Hall–Kier alpha value is -4.22. The molecule has 5 rings (SSSR count). The van der Waals surface area contributed by atoms with Crippen molar-refractivity contribution in [2.75, 3.05) is 5.32 Å². The van der Waals surface area contributed by atoms with Gasteiger partial charge < -0.3 is 10.4 Å². The molecule has 36 heavy (non-hydrogen) atoms. The zero-order valence-electron chi connectivity index (χ0n) is 18.7. The molecule has 0 bridgehead atoms. The molecule has 0 aliphatic carbocycles. The van der Waals surface area contributed by atoms with E-state index in [9.17, 15) is 18.7 Å². The van der Waals surface area contributed by atoms with E-state index < -0.39 is 17.5 Å². The number of nitrogens with zero attached hydrogens (tertiary/aromatic N) is 6. The number of hydrogen-bond acceptors (Lipinski definition) is 6. The lowest BCUT2D eigenvalue weighted by Crippen LogP contribution is -2.21. The van der Waals surface area contributed by atoms with Gasteiger partial charge in [-0.05, 0) is 30.3 Å². The quantitative estimate of drug-likeness (QED) is 0.348. The van der Waals surface area contributed by atoms with E-state index in [0.29, 0.717) is 29.1 Å². The Balaban J connectivity index is 1.49. The smallest absolute Gasteiger partial charge is 0.287 e. The molecule has 4 aromatic heterocycles. The highest BCUT2D eigenvalue weighted by Crippen LogP contribution is 2.34. The van der Waals surface area contributed by atoms with Crippen LogP contribution in [0.15, 0.2) is 67.4 Å². The lowest BCUT2D eigenvalue weighted by Gasteiger charge is -2.17. The normalized spacial score (nSPS) is 11.7. The Labute approximate surface area is 208 Å². The van der Waals surface area contributed by atoms with Crippen molar-refractivity contribution < 1.29 is 18.7 Å². The van der Waals surface area contributed by atoms with E-state index in [1.165, 1.54) is 23.1 Å². The van der Waals surface area contributed by atoms with Gasteiger partial charge in [0, 0.05) is 30.3 Å². The van der Waals surface area contributed by atoms with E-state index in [-0.39, 0.29) is 28.7 Å². The molecule has 12 heteroatoms. The first-order chi connectivity index (χ1) is 17.3. The van der Waals surface area contributed by atoms with E-state index in [0.717, 1.165) is 10.9 Å². The number of anilines is 1. The van der Waals surface area contributed by atoms with Crippen molar-refractivity contribution >= 4 is 34.1 Å². The van der Waals surface area contributed by atoms with Crippen molar-refractivity contribution in [3.8, 4) is 11.5 Å². The average molecular weight is 510 g/mol. The maximum absolute atomic E-state index is 14.8. The number of alkyl halides is 2. The lowest BCUT2D eigenvalue weighted by atomic mass is 10.1. The number of amides is 1. The topological polar surface area (TPSA) is 111 Å². The van der Waals surface area contributed by atoms with Crippen LogP contribution in [0, 0.1) is 0 Å². The average Bonchev–Trinajstić information content (AvgIpc) is 3.51. The maximum Gasteiger partial charge on any atom is 0.287 e. The van der Waals surface area contributed by atoms with Crippen molar-refractivity contribution in [2.45, 2.75) is 19.5 Å². The Morgan fingerprint density at radius 1 is 1.14 bits per heavy atom. The van der Waals surface area contributed by atoms with Gasteiger partial charge in [-0.25, -0.2) is 14.3 Å². The van der Waals surface area contributed by atoms with Crippen LogP contribution in [0.5, 0.6) is 0 Å². The number of halogens is 3. The number of aliphatic hydroxyl groups excluding tert-OH is 1. The third kappa shape index (κ3) is 4.30. The van der Waals surface area contributed by atoms with Crippen LogP contribution in [0.3, 0.4) is 0 Å². The number of aliphatic hydroxyl groups is 1. The summed E-state index contributed by atoms with van der Waals surface area (Å²) in [7, 11) is 0. The molecule has 5 aromatic rings. The molecule has 0 fully saturated rings. The monoisotopic (exact) mass is 509 g/mol. The van der Waals surface area contributed by atoms with Crippen molar-refractivity contribution in [1.29, 1.82) is 0 Å². The predicted molar refractivity (Wildman–Crippen MR) is 129 cm³/mol. The van der Waals surface area contributed by atoms with Crippen LogP contribution in [-0.2, 0) is 12.5 Å². The number of benzene rings is 1. The molecule has 0 aliphatic heterocycles. The van der Waals surface area contributed by atoms with Crippen LogP contribution in [0.25, 0.3) is 22.4 Å². The molecule has 0 spiro atoms. The number of aromatic nitrogens is 6. The second kappa shape index (κ2) is 9.10. The van der Waals surface area contributed by atoms with Gasteiger partial charge in [0.05, 0.1) is 52.7 Å². The molecule has 1 amide bonds. The summed E-state index contributed by atoms with van der Waals surface area (Å²) in [6.45, 7) is 0.512. The fourth-order valence-corrected chi connectivity index (χ4v) is 4.07. The molecule has 0 aliphatic rings. The number of carbonyl (C=O) groups excluding carboxylic acids is 1. The van der Waals surface area contributed by atoms with E-state index in [2.05, 4.69) is 25.5 Å². The highest BCUT2D eigenvalue weighted by molar-refractivity contribution is 6.32. The molecular formula is C24H18ClF2N7O2. The minimum atomic E-state index is -3.39. The first-order valence-corrected chi connectivity index (χ1v) is 11.1. The minimum absolute atomic E-state index is 0.153. The Morgan fingerprint density at radius 2 is 1.97 bits per heavy atom. The molecular weight excluding hydrogens is 492 g/mol. The SMILES string of the molecule is CC(F)(F)c1c(C(=O)Nc2cnc(-n3cc(CO)cn3)c(Cl)c2)cnn1-c1cccc2ncccc12. The van der Waals surface area contributed by atoms with Gasteiger partial charge in [0.25, 0.3) is 11.8 Å². The summed E-state index contributed by atoms with van der Waals surface area (Å²) >= 11 is 6.31. The summed E-state index contributed by atoms with van der Waals surface area (Å²) < 4.78 is 32.1. The Bertz CT molecular complexity index is 1590. The number of fused-ring (bicyclic) bond motifs is 1. The highest BCUT2D eigenvalue weighted by atomic mass is 35.5. The molecule has 1 aromatic carbocycles. The number of pyridine rings is 2. The van der Waals surface area contributed by atoms with Crippen molar-refractivity contribution in [3.63, 3.8) is 0 Å². The van der Waals surface area contributed by atoms with Crippen LogP contribution in [0.1, 0.15) is 28.5 Å². The number of rotatable bonds is 6. The van der Waals surface area contributed by atoms with Gasteiger partial charge in [0.15, 0.2) is 5.82 Å². The van der Waals surface area contributed by atoms with Crippen molar-refractivity contribution in [1.82, 2.24) is 29.5 Å². The van der Waals surface area contributed by atoms with Gasteiger partial charge in [-0.2, -0.15) is 19.0 Å². The molecule has 0 atom stereocenters. The van der Waals surface area contributed by atoms with E-state index in [1.54, 1.807) is 42.7 Å². The first kappa shape index (κ1) is 23.5. The summed E-state index contributed by atoms with van der Waals surface area (Å²) in [5.74, 6) is -3.92. The fraction of sp³-hybridized carbons (Fsp3) is 0.125. The number of carbonyl (C=O) groups is 1. The van der Waals surface area contributed by atoms with Crippen LogP contribution in [0.4, 0.5) is 14.5 Å².